The van der Waals surface area contributed by atoms with Gasteiger partial charge in [0.15, 0.2) is 0 Å². The topological polar surface area (TPSA) is 77.5 Å². The standard InChI is InChI=1S/C13H18N2O3/c1-16-7-8-17-5-2-6-18-13-4-3-12(15)9-11(13)10-14/h3-4,9H,2,5-8,15H2,1H3. The first-order chi connectivity index (χ1) is 8.77. The van der Waals surface area contributed by atoms with Crippen molar-refractivity contribution in [3.8, 4) is 11.8 Å². The van der Waals surface area contributed by atoms with Crippen LogP contribution in [-0.2, 0) is 9.47 Å². The molecule has 0 saturated heterocycles. The molecule has 1 aromatic carbocycles. The van der Waals surface area contributed by atoms with Crippen LogP contribution >= 0.6 is 0 Å². The monoisotopic (exact) mass is 250 g/mol. The van der Waals surface area contributed by atoms with Crippen molar-refractivity contribution in [1.29, 1.82) is 5.26 Å². The number of methoxy groups -OCH3 is 1. The maximum atomic E-state index is 8.92. The molecule has 1 aromatic rings. The van der Waals surface area contributed by atoms with Gasteiger partial charge in [0.1, 0.15) is 11.8 Å². The highest BCUT2D eigenvalue weighted by Gasteiger charge is 2.03. The Labute approximate surface area is 107 Å². The molecule has 18 heavy (non-hydrogen) atoms. The summed E-state index contributed by atoms with van der Waals surface area (Å²) < 4.78 is 15.7. The summed E-state index contributed by atoms with van der Waals surface area (Å²) in [5, 5.41) is 8.92. The average molecular weight is 250 g/mol. The van der Waals surface area contributed by atoms with Crippen LogP contribution in [0.4, 0.5) is 5.69 Å². The average Bonchev–Trinajstić information content (AvgIpc) is 2.39. The summed E-state index contributed by atoms with van der Waals surface area (Å²) in [6.45, 7) is 2.30. The maximum absolute atomic E-state index is 8.92. The molecule has 0 aliphatic heterocycles. The highest BCUT2D eigenvalue weighted by Crippen LogP contribution is 2.20. The van der Waals surface area contributed by atoms with E-state index in [2.05, 4.69) is 6.07 Å². The van der Waals surface area contributed by atoms with Gasteiger partial charge in [-0.05, 0) is 18.2 Å². The minimum atomic E-state index is 0.454. The van der Waals surface area contributed by atoms with E-state index < -0.39 is 0 Å². The summed E-state index contributed by atoms with van der Waals surface area (Å²) in [7, 11) is 1.64. The van der Waals surface area contributed by atoms with Crippen molar-refractivity contribution in [2.24, 2.45) is 0 Å². The molecule has 5 heteroatoms. The zero-order valence-corrected chi connectivity index (χ0v) is 10.5. The van der Waals surface area contributed by atoms with Crippen LogP contribution in [0.1, 0.15) is 12.0 Å². The van der Waals surface area contributed by atoms with Crippen LogP contribution in [0.2, 0.25) is 0 Å². The number of ether oxygens (including phenoxy) is 3. The van der Waals surface area contributed by atoms with E-state index in [4.69, 9.17) is 25.2 Å². The minimum Gasteiger partial charge on any atom is -0.492 e. The maximum Gasteiger partial charge on any atom is 0.137 e. The van der Waals surface area contributed by atoms with E-state index in [1.165, 1.54) is 0 Å². The van der Waals surface area contributed by atoms with Crippen LogP contribution < -0.4 is 10.5 Å². The molecule has 5 nitrogen and oxygen atoms in total. The number of nitrogen functional groups attached to an aromatic ring is 1. The predicted octanol–water partition coefficient (Wildman–Crippen LogP) is 1.57. The Morgan fingerprint density at radius 1 is 1.22 bits per heavy atom. The molecule has 0 radical (unpaired) electrons. The number of rotatable bonds is 8. The van der Waals surface area contributed by atoms with Gasteiger partial charge in [0.25, 0.3) is 0 Å². The van der Waals surface area contributed by atoms with Crippen LogP contribution in [0.15, 0.2) is 18.2 Å². The molecule has 0 saturated carbocycles. The van der Waals surface area contributed by atoms with Gasteiger partial charge >= 0.3 is 0 Å². The lowest BCUT2D eigenvalue weighted by molar-refractivity contribution is 0.0644. The van der Waals surface area contributed by atoms with Gasteiger partial charge in [0.05, 0.1) is 25.4 Å². The van der Waals surface area contributed by atoms with Gasteiger partial charge in [-0.1, -0.05) is 0 Å². The van der Waals surface area contributed by atoms with E-state index >= 15 is 0 Å². The van der Waals surface area contributed by atoms with Gasteiger partial charge in [0, 0.05) is 25.8 Å². The Morgan fingerprint density at radius 3 is 2.78 bits per heavy atom. The second kappa shape index (κ2) is 8.34. The van der Waals surface area contributed by atoms with Crippen molar-refractivity contribution < 1.29 is 14.2 Å². The van der Waals surface area contributed by atoms with Crippen LogP contribution in [0.5, 0.6) is 5.75 Å². The molecule has 0 aliphatic carbocycles. The summed E-state index contributed by atoms with van der Waals surface area (Å²) in [5.41, 5.74) is 6.60. The smallest absolute Gasteiger partial charge is 0.137 e. The fourth-order valence-electron chi connectivity index (χ4n) is 1.35. The largest absolute Gasteiger partial charge is 0.492 e. The first-order valence-electron chi connectivity index (χ1n) is 5.77. The van der Waals surface area contributed by atoms with Crippen molar-refractivity contribution in [2.75, 3.05) is 39.3 Å². The second-order valence-electron chi connectivity index (χ2n) is 3.67. The minimum absolute atomic E-state index is 0.454. The van der Waals surface area contributed by atoms with Gasteiger partial charge in [-0.15, -0.1) is 0 Å². The fourth-order valence-corrected chi connectivity index (χ4v) is 1.35. The number of hydrogen-bond donors (Lipinski definition) is 1. The van der Waals surface area contributed by atoms with Crippen LogP contribution in [0, 0.1) is 11.3 Å². The summed E-state index contributed by atoms with van der Waals surface area (Å²) in [4.78, 5) is 0. The highest BCUT2D eigenvalue weighted by atomic mass is 16.5. The van der Waals surface area contributed by atoms with Gasteiger partial charge in [-0.25, -0.2) is 0 Å². The van der Waals surface area contributed by atoms with E-state index in [9.17, 15) is 0 Å². The lowest BCUT2D eigenvalue weighted by atomic mass is 10.2. The Kier molecular flexibility index (Phi) is 6.62. The van der Waals surface area contributed by atoms with Crippen molar-refractivity contribution in [3.63, 3.8) is 0 Å². The van der Waals surface area contributed by atoms with Gasteiger partial charge in [-0.3, -0.25) is 0 Å². The summed E-state index contributed by atoms with van der Waals surface area (Å²) in [5.74, 6) is 0.559. The zero-order valence-electron chi connectivity index (χ0n) is 10.5. The normalized spacial score (nSPS) is 10.0. The molecule has 0 bridgehead atoms. The van der Waals surface area contributed by atoms with Crippen molar-refractivity contribution in [1.82, 2.24) is 0 Å². The number of benzene rings is 1. The highest BCUT2D eigenvalue weighted by molar-refractivity contribution is 5.53. The van der Waals surface area contributed by atoms with E-state index in [1.807, 2.05) is 0 Å². The Morgan fingerprint density at radius 2 is 2.06 bits per heavy atom. The molecular formula is C13H18N2O3. The Bertz CT molecular complexity index is 402. The van der Waals surface area contributed by atoms with Crippen molar-refractivity contribution in [3.05, 3.63) is 23.8 Å². The lowest BCUT2D eigenvalue weighted by Crippen LogP contribution is -2.07. The van der Waals surface area contributed by atoms with Crippen molar-refractivity contribution in [2.45, 2.75) is 6.42 Å². The molecule has 0 spiro atoms. The van der Waals surface area contributed by atoms with Gasteiger partial charge in [-0.2, -0.15) is 5.26 Å². The molecular weight excluding hydrogens is 232 g/mol. The first-order valence-corrected chi connectivity index (χ1v) is 5.77. The molecule has 0 amide bonds. The molecule has 98 valence electrons. The number of nitriles is 1. The molecule has 0 fully saturated rings. The number of anilines is 1. The zero-order chi connectivity index (χ0) is 13.2. The molecule has 2 N–H and O–H groups in total. The first kappa shape index (κ1) is 14.3. The summed E-state index contributed by atoms with van der Waals surface area (Å²) in [6, 6.07) is 7.08. The lowest BCUT2D eigenvalue weighted by Gasteiger charge is -2.08. The molecule has 0 aliphatic rings. The third-order valence-corrected chi connectivity index (χ3v) is 2.25. The van der Waals surface area contributed by atoms with E-state index in [1.54, 1.807) is 25.3 Å². The van der Waals surface area contributed by atoms with Crippen LogP contribution in [0.25, 0.3) is 0 Å². The SMILES string of the molecule is COCCOCCCOc1ccc(N)cc1C#N. The van der Waals surface area contributed by atoms with Crippen LogP contribution in [0.3, 0.4) is 0 Å². The number of nitrogens with two attached hydrogens (primary N) is 1. The fraction of sp³-hybridized carbons (Fsp3) is 0.462. The molecule has 0 unspecified atom stereocenters. The van der Waals surface area contributed by atoms with Gasteiger partial charge < -0.3 is 19.9 Å². The van der Waals surface area contributed by atoms with E-state index in [0.29, 0.717) is 43.4 Å². The molecule has 0 atom stereocenters. The summed E-state index contributed by atoms with van der Waals surface area (Å²) >= 11 is 0. The van der Waals surface area contributed by atoms with Crippen LogP contribution in [-0.4, -0.2) is 33.5 Å². The Balaban J connectivity index is 2.25. The van der Waals surface area contributed by atoms with E-state index in [0.717, 1.165) is 6.42 Å². The van der Waals surface area contributed by atoms with Crippen molar-refractivity contribution >= 4 is 5.69 Å². The number of nitrogens with zero attached hydrogens (tertiary/aromatic N) is 1. The molecule has 0 heterocycles. The molecule has 0 aromatic heterocycles. The predicted molar refractivity (Wildman–Crippen MR) is 68.4 cm³/mol. The quantitative estimate of drug-likeness (QED) is 0.559. The summed E-state index contributed by atoms with van der Waals surface area (Å²) in [6.07, 6.45) is 0.763. The van der Waals surface area contributed by atoms with E-state index in [-0.39, 0.29) is 0 Å². The molecule has 1 rings (SSSR count). The third-order valence-electron chi connectivity index (χ3n) is 2.25. The van der Waals surface area contributed by atoms with Gasteiger partial charge in [0.2, 0.25) is 0 Å². The Hall–Kier alpha value is -1.77. The number of hydrogen-bond acceptors (Lipinski definition) is 5. The second-order valence-corrected chi connectivity index (χ2v) is 3.67. The third kappa shape index (κ3) is 5.04.